The molecule has 7 nitrogen and oxygen atoms in total. The van der Waals surface area contributed by atoms with Crippen LogP contribution in [0.1, 0.15) is 23.8 Å². The predicted octanol–water partition coefficient (Wildman–Crippen LogP) is 2.32. The average molecular weight is 401 g/mol. The minimum absolute atomic E-state index is 0.284. The standard InChI is InChI=1S/C20H23N3O4S/c1-20(10-9-14-5-7-15(27-2)8-6-14)18(25)23(19(26)22-20)13-17(24)21-12-16-4-3-11-28-16/h3-8,11H,9-10,12-13H2,1-2H3,(H,21,24)(H,22,26)/t20-/m0/s1. The van der Waals surface area contributed by atoms with E-state index in [4.69, 9.17) is 4.74 Å². The second-order valence-electron chi connectivity index (χ2n) is 6.86. The Balaban J connectivity index is 1.55. The Hall–Kier alpha value is -2.87. The molecule has 0 aliphatic carbocycles. The van der Waals surface area contributed by atoms with Crippen LogP contribution in [0.4, 0.5) is 4.79 Å². The van der Waals surface area contributed by atoms with Gasteiger partial charge in [-0.3, -0.25) is 14.5 Å². The maximum Gasteiger partial charge on any atom is 0.325 e. The van der Waals surface area contributed by atoms with Crippen LogP contribution in [-0.4, -0.2) is 41.9 Å². The summed E-state index contributed by atoms with van der Waals surface area (Å²) in [5.41, 5.74) is 0.0154. The normalized spacial score (nSPS) is 18.9. The topological polar surface area (TPSA) is 87.7 Å². The molecule has 1 aromatic heterocycles. The largest absolute Gasteiger partial charge is 0.497 e. The molecule has 28 heavy (non-hydrogen) atoms. The first kappa shape index (κ1) is 19.9. The van der Waals surface area contributed by atoms with E-state index >= 15 is 0 Å². The van der Waals surface area contributed by atoms with Crippen LogP contribution in [0, 0.1) is 0 Å². The van der Waals surface area contributed by atoms with Gasteiger partial charge in [-0.1, -0.05) is 18.2 Å². The van der Waals surface area contributed by atoms with Crippen molar-refractivity contribution >= 4 is 29.2 Å². The van der Waals surface area contributed by atoms with Crippen molar-refractivity contribution in [3.8, 4) is 5.75 Å². The molecule has 0 unspecified atom stereocenters. The van der Waals surface area contributed by atoms with Crippen LogP contribution in [0.3, 0.4) is 0 Å². The molecule has 3 rings (SSSR count). The minimum Gasteiger partial charge on any atom is -0.497 e. The molecule has 2 N–H and O–H groups in total. The van der Waals surface area contributed by atoms with E-state index < -0.39 is 11.6 Å². The Kier molecular flexibility index (Phi) is 5.99. The zero-order valence-corrected chi connectivity index (χ0v) is 16.7. The number of aryl methyl sites for hydroxylation is 1. The van der Waals surface area contributed by atoms with Crippen LogP contribution in [0.15, 0.2) is 41.8 Å². The van der Waals surface area contributed by atoms with Crippen molar-refractivity contribution in [2.45, 2.75) is 31.8 Å². The third kappa shape index (κ3) is 4.51. The Morgan fingerprint density at radius 1 is 1.25 bits per heavy atom. The maximum atomic E-state index is 12.8. The summed E-state index contributed by atoms with van der Waals surface area (Å²) in [5.74, 6) is 0.0218. The molecule has 2 heterocycles. The quantitative estimate of drug-likeness (QED) is 0.665. The number of nitrogens with zero attached hydrogens (tertiary/aromatic N) is 1. The van der Waals surface area contributed by atoms with Crippen molar-refractivity contribution in [1.82, 2.24) is 15.5 Å². The monoisotopic (exact) mass is 401 g/mol. The fourth-order valence-electron chi connectivity index (χ4n) is 3.05. The van der Waals surface area contributed by atoms with E-state index in [0.717, 1.165) is 21.1 Å². The number of urea groups is 1. The Bertz CT molecular complexity index is 851. The van der Waals surface area contributed by atoms with E-state index in [1.54, 1.807) is 14.0 Å². The van der Waals surface area contributed by atoms with Crippen LogP contribution in [0.5, 0.6) is 5.75 Å². The van der Waals surface area contributed by atoms with Gasteiger partial charge in [0.05, 0.1) is 13.7 Å². The summed E-state index contributed by atoms with van der Waals surface area (Å²) in [6.07, 6.45) is 1.06. The summed E-state index contributed by atoms with van der Waals surface area (Å²) in [6.45, 7) is 1.80. The lowest BCUT2D eigenvalue weighted by molar-refractivity contribution is -0.134. The number of nitrogens with one attached hydrogen (secondary N) is 2. The number of imide groups is 1. The highest BCUT2D eigenvalue weighted by atomic mass is 32.1. The highest BCUT2D eigenvalue weighted by Crippen LogP contribution is 2.24. The first-order valence-electron chi connectivity index (χ1n) is 8.97. The molecule has 0 saturated carbocycles. The van der Waals surface area contributed by atoms with E-state index in [2.05, 4.69) is 10.6 Å². The van der Waals surface area contributed by atoms with E-state index in [0.29, 0.717) is 19.4 Å². The molecule has 1 saturated heterocycles. The van der Waals surface area contributed by atoms with Crippen molar-refractivity contribution in [3.05, 3.63) is 52.2 Å². The van der Waals surface area contributed by atoms with Crippen molar-refractivity contribution in [1.29, 1.82) is 0 Å². The number of thiophene rings is 1. The number of methoxy groups -OCH3 is 1. The SMILES string of the molecule is COc1ccc(CC[C@]2(C)NC(=O)N(CC(=O)NCc3cccs3)C2=O)cc1. The van der Waals surface area contributed by atoms with Gasteiger partial charge in [0.25, 0.3) is 5.91 Å². The number of hydrogen-bond acceptors (Lipinski definition) is 5. The van der Waals surface area contributed by atoms with E-state index in [-0.39, 0.29) is 18.4 Å². The molecule has 4 amide bonds. The summed E-state index contributed by atoms with van der Waals surface area (Å²) >= 11 is 1.53. The molecule has 8 heteroatoms. The molecule has 1 atom stereocenters. The molecule has 0 radical (unpaired) electrons. The summed E-state index contributed by atoms with van der Waals surface area (Å²) in [5, 5.41) is 7.39. The zero-order chi connectivity index (χ0) is 20.1. The van der Waals surface area contributed by atoms with E-state index in [1.807, 2.05) is 41.8 Å². The lowest BCUT2D eigenvalue weighted by Gasteiger charge is -2.21. The number of rotatable bonds is 8. The summed E-state index contributed by atoms with van der Waals surface area (Å²) in [7, 11) is 1.61. The van der Waals surface area contributed by atoms with Crippen LogP contribution < -0.4 is 15.4 Å². The van der Waals surface area contributed by atoms with Gasteiger partial charge < -0.3 is 15.4 Å². The van der Waals surface area contributed by atoms with Crippen molar-refractivity contribution in [2.24, 2.45) is 0 Å². The lowest BCUT2D eigenvalue weighted by atomic mass is 9.93. The Morgan fingerprint density at radius 3 is 2.64 bits per heavy atom. The first-order chi connectivity index (χ1) is 13.4. The van der Waals surface area contributed by atoms with Gasteiger partial charge in [-0.25, -0.2) is 4.79 Å². The number of hydrogen-bond donors (Lipinski definition) is 2. The van der Waals surface area contributed by atoms with Gasteiger partial charge in [0, 0.05) is 4.88 Å². The molecule has 0 spiro atoms. The third-order valence-corrected chi connectivity index (χ3v) is 5.64. The fourth-order valence-corrected chi connectivity index (χ4v) is 3.69. The molecule has 1 aliphatic rings. The highest BCUT2D eigenvalue weighted by Gasteiger charge is 2.47. The Labute approximate surface area is 167 Å². The van der Waals surface area contributed by atoms with Crippen molar-refractivity contribution in [2.75, 3.05) is 13.7 Å². The van der Waals surface area contributed by atoms with Crippen molar-refractivity contribution < 1.29 is 19.1 Å². The summed E-state index contributed by atoms with van der Waals surface area (Å²) in [4.78, 5) is 39.2. The summed E-state index contributed by atoms with van der Waals surface area (Å²) in [6, 6.07) is 10.9. The number of ether oxygens (including phenoxy) is 1. The van der Waals surface area contributed by atoms with Gasteiger partial charge in [0.2, 0.25) is 5.91 Å². The maximum absolute atomic E-state index is 12.8. The van der Waals surface area contributed by atoms with Crippen LogP contribution in [0.25, 0.3) is 0 Å². The van der Waals surface area contributed by atoms with Gasteiger partial charge >= 0.3 is 6.03 Å². The van der Waals surface area contributed by atoms with Gasteiger partial charge in [0.15, 0.2) is 0 Å². The van der Waals surface area contributed by atoms with Gasteiger partial charge in [0.1, 0.15) is 17.8 Å². The smallest absolute Gasteiger partial charge is 0.325 e. The van der Waals surface area contributed by atoms with Crippen LogP contribution >= 0.6 is 11.3 Å². The molecular weight excluding hydrogens is 378 g/mol. The predicted molar refractivity (Wildman–Crippen MR) is 106 cm³/mol. The molecule has 148 valence electrons. The van der Waals surface area contributed by atoms with E-state index in [1.165, 1.54) is 11.3 Å². The minimum atomic E-state index is -1.02. The first-order valence-corrected chi connectivity index (χ1v) is 9.85. The van der Waals surface area contributed by atoms with Gasteiger partial charge in [-0.15, -0.1) is 11.3 Å². The molecule has 2 aromatic rings. The van der Waals surface area contributed by atoms with Crippen LogP contribution in [-0.2, 0) is 22.6 Å². The second-order valence-corrected chi connectivity index (χ2v) is 7.89. The number of carbonyl (C=O) groups is 3. The molecule has 1 fully saturated rings. The van der Waals surface area contributed by atoms with Crippen LogP contribution in [0.2, 0.25) is 0 Å². The molecule has 1 aliphatic heterocycles. The molecule has 1 aromatic carbocycles. The van der Waals surface area contributed by atoms with Crippen molar-refractivity contribution in [3.63, 3.8) is 0 Å². The number of benzene rings is 1. The summed E-state index contributed by atoms with van der Waals surface area (Å²) < 4.78 is 5.14. The van der Waals surface area contributed by atoms with Gasteiger partial charge in [-0.2, -0.15) is 0 Å². The zero-order valence-electron chi connectivity index (χ0n) is 15.9. The lowest BCUT2D eigenvalue weighted by Crippen LogP contribution is -2.45. The Morgan fingerprint density at radius 2 is 2.00 bits per heavy atom. The highest BCUT2D eigenvalue weighted by molar-refractivity contribution is 7.09. The molecule has 0 bridgehead atoms. The average Bonchev–Trinajstić information content (AvgIpc) is 3.28. The van der Waals surface area contributed by atoms with Gasteiger partial charge in [-0.05, 0) is 48.9 Å². The second kappa shape index (κ2) is 8.43. The fraction of sp³-hybridized carbons (Fsp3) is 0.350. The number of amides is 4. The molecular formula is C20H23N3O4S. The van der Waals surface area contributed by atoms with E-state index in [9.17, 15) is 14.4 Å². The number of carbonyl (C=O) groups excluding carboxylic acids is 3. The third-order valence-electron chi connectivity index (χ3n) is 4.76.